The molecule has 0 fully saturated rings. The summed E-state index contributed by atoms with van der Waals surface area (Å²) in [6.45, 7) is 6.38. The highest BCUT2D eigenvalue weighted by Gasteiger charge is 2.27. The predicted molar refractivity (Wildman–Crippen MR) is 111 cm³/mol. The van der Waals surface area contributed by atoms with E-state index in [0.29, 0.717) is 6.54 Å². The van der Waals surface area contributed by atoms with E-state index in [1.54, 1.807) is 6.20 Å². The maximum Gasteiger partial charge on any atom is 0.0706 e. The minimum Gasteiger partial charge on any atom is -0.365 e. The maximum absolute atomic E-state index is 9.33. The van der Waals surface area contributed by atoms with Crippen LogP contribution in [0.1, 0.15) is 12.0 Å². The van der Waals surface area contributed by atoms with Crippen LogP contribution in [0.4, 0.5) is 0 Å². The second-order valence-corrected chi connectivity index (χ2v) is 7.72. The summed E-state index contributed by atoms with van der Waals surface area (Å²) in [6.07, 6.45) is 6.56. The van der Waals surface area contributed by atoms with Crippen molar-refractivity contribution in [3.8, 4) is 11.8 Å². The summed E-state index contributed by atoms with van der Waals surface area (Å²) in [6, 6.07) is 10.7. The third kappa shape index (κ3) is 4.66. The van der Waals surface area contributed by atoms with E-state index in [4.69, 9.17) is 0 Å². The van der Waals surface area contributed by atoms with Crippen molar-refractivity contribution < 1.29 is 5.21 Å². The van der Waals surface area contributed by atoms with E-state index < -0.39 is 0 Å². The molecule has 0 bridgehead atoms. The molecule has 5 heteroatoms. The van der Waals surface area contributed by atoms with Crippen LogP contribution in [0.15, 0.2) is 65.5 Å². The van der Waals surface area contributed by atoms with Crippen molar-refractivity contribution in [1.82, 2.24) is 19.8 Å². The molecule has 1 aromatic rings. The molecule has 3 heterocycles. The van der Waals surface area contributed by atoms with Gasteiger partial charge in [0.25, 0.3) is 0 Å². The van der Waals surface area contributed by atoms with E-state index in [1.165, 1.54) is 16.8 Å². The Morgan fingerprint density at radius 2 is 1.93 bits per heavy atom. The second kappa shape index (κ2) is 8.66. The van der Waals surface area contributed by atoms with Crippen LogP contribution in [0.2, 0.25) is 0 Å². The van der Waals surface area contributed by atoms with E-state index in [2.05, 4.69) is 63.9 Å². The average Bonchev–Trinajstić information content (AvgIpc) is 2.70. The first kappa shape index (κ1) is 18.8. The Labute approximate surface area is 167 Å². The van der Waals surface area contributed by atoms with Gasteiger partial charge in [-0.05, 0) is 23.3 Å². The summed E-state index contributed by atoms with van der Waals surface area (Å²) in [7, 11) is 2.22. The van der Waals surface area contributed by atoms with E-state index >= 15 is 0 Å². The number of allylic oxidation sites excluding steroid dienone is 2. The normalized spacial score (nSPS) is 20.6. The van der Waals surface area contributed by atoms with Crippen LogP contribution >= 0.6 is 0 Å². The van der Waals surface area contributed by atoms with Crippen LogP contribution in [-0.2, 0) is 6.54 Å². The molecule has 1 aromatic carbocycles. The molecule has 0 saturated heterocycles. The lowest BCUT2D eigenvalue weighted by Crippen LogP contribution is -2.47. The fourth-order valence-electron chi connectivity index (χ4n) is 4.10. The molecule has 0 aliphatic carbocycles. The zero-order valence-electron chi connectivity index (χ0n) is 16.5. The number of rotatable bonds is 3. The number of hydrogen-bond acceptors (Lipinski definition) is 5. The molecule has 0 unspecified atom stereocenters. The minimum atomic E-state index is 0.504. The van der Waals surface area contributed by atoms with Crippen LogP contribution in [0, 0.1) is 11.8 Å². The van der Waals surface area contributed by atoms with Crippen LogP contribution in [0.5, 0.6) is 0 Å². The highest BCUT2D eigenvalue weighted by Crippen LogP contribution is 2.26. The molecule has 0 radical (unpaired) electrons. The Balaban J connectivity index is 1.35. The molecule has 0 aromatic heterocycles. The fraction of sp³-hybridized carbons (Fsp3) is 0.391. The smallest absolute Gasteiger partial charge is 0.0706 e. The van der Waals surface area contributed by atoms with Gasteiger partial charge in [0.15, 0.2) is 0 Å². The minimum absolute atomic E-state index is 0.504. The van der Waals surface area contributed by atoms with Gasteiger partial charge < -0.3 is 4.90 Å². The number of hydrogen-bond donors (Lipinski definition) is 1. The van der Waals surface area contributed by atoms with Gasteiger partial charge in [-0.1, -0.05) is 42.2 Å². The van der Waals surface area contributed by atoms with Crippen LogP contribution < -0.4 is 0 Å². The van der Waals surface area contributed by atoms with Crippen molar-refractivity contribution in [3.05, 3.63) is 71.1 Å². The Morgan fingerprint density at radius 1 is 1.11 bits per heavy atom. The van der Waals surface area contributed by atoms with Gasteiger partial charge in [-0.25, -0.2) is 0 Å². The monoisotopic (exact) mass is 376 g/mol. The van der Waals surface area contributed by atoms with Gasteiger partial charge in [-0.15, -0.1) is 0 Å². The molecule has 3 aliphatic rings. The van der Waals surface area contributed by atoms with Crippen molar-refractivity contribution in [2.24, 2.45) is 0 Å². The van der Waals surface area contributed by atoms with Crippen LogP contribution in [-0.4, -0.2) is 71.4 Å². The summed E-state index contributed by atoms with van der Waals surface area (Å²) < 4.78 is 0. The molecule has 3 aliphatic heterocycles. The van der Waals surface area contributed by atoms with Gasteiger partial charge in [-0.2, -0.15) is 0 Å². The van der Waals surface area contributed by atoms with E-state index in [-0.39, 0.29) is 0 Å². The van der Waals surface area contributed by atoms with Crippen molar-refractivity contribution in [2.45, 2.75) is 13.0 Å². The lowest BCUT2D eigenvalue weighted by Gasteiger charge is -2.42. The second-order valence-electron chi connectivity index (χ2n) is 7.72. The molecule has 5 nitrogen and oxygen atoms in total. The zero-order valence-corrected chi connectivity index (χ0v) is 16.5. The van der Waals surface area contributed by atoms with Crippen LogP contribution in [0.3, 0.4) is 0 Å². The molecule has 4 rings (SSSR count). The van der Waals surface area contributed by atoms with Crippen LogP contribution in [0.25, 0.3) is 0 Å². The molecule has 0 spiro atoms. The SMILES string of the molecule is CN1CN(Cc2ccccc2)CC2=C1CCN(CC#CC1=CCN(O)C=C1)C2. The van der Waals surface area contributed by atoms with Crippen molar-refractivity contribution >= 4 is 0 Å². The van der Waals surface area contributed by atoms with Crippen molar-refractivity contribution in [1.29, 1.82) is 0 Å². The Bertz CT molecular complexity index is 846. The highest BCUT2D eigenvalue weighted by atomic mass is 16.5. The molecule has 28 heavy (non-hydrogen) atoms. The lowest BCUT2D eigenvalue weighted by molar-refractivity contribution is -0.0304. The first-order chi connectivity index (χ1) is 13.7. The van der Waals surface area contributed by atoms with Gasteiger partial charge in [0.2, 0.25) is 0 Å². The van der Waals surface area contributed by atoms with Gasteiger partial charge in [0.1, 0.15) is 0 Å². The maximum atomic E-state index is 9.33. The number of benzene rings is 1. The quantitative estimate of drug-likeness (QED) is 0.820. The fourth-order valence-corrected chi connectivity index (χ4v) is 4.10. The van der Waals surface area contributed by atoms with E-state index in [9.17, 15) is 5.21 Å². The largest absolute Gasteiger partial charge is 0.365 e. The summed E-state index contributed by atoms with van der Waals surface area (Å²) in [5, 5.41) is 10.5. The molecule has 0 saturated carbocycles. The topological polar surface area (TPSA) is 33.2 Å². The Morgan fingerprint density at radius 3 is 2.71 bits per heavy atom. The van der Waals surface area contributed by atoms with Crippen molar-refractivity contribution in [3.63, 3.8) is 0 Å². The van der Waals surface area contributed by atoms with Crippen molar-refractivity contribution in [2.75, 3.05) is 46.4 Å². The van der Waals surface area contributed by atoms with Gasteiger partial charge >= 0.3 is 0 Å². The highest BCUT2D eigenvalue weighted by molar-refractivity contribution is 5.40. The first-order valence-electron chi connectivity index (χ1n) is 9.91. The Hall–Kier alpha value is -2.52. The lowest BCUT2D eigenvalue weighted by atomic mass is 10.0. The number of nitrogens with zero attached hydrogens (tertiary/aromatic N) is 4. The molecule has 0 amide bonds. The average molecular weight is 377 g/mol. The molecular formula is C23H28N4O. The van der Waals surface area contributed by atoms with E-state index in [1.807, 2.05) is 12.2 Å². The third-order valence-corrected chi connectivity index (χ3v) is 5.48. The predicted octanol–water partition coefficient (Wildman–Crippen LogP) is 2.50. The molecule has 0 atom stereocenters. The summed E-state index contributed by atoms with van der Waals surface area (Å²) in [5.41, 5.74) is 5.40. The third-order valence-electron chi connectivity index (χ3n) is 5.48. The van der Waals surface area contributed by atoms with Gasteiger partial charge in [-0.3, -0.25) is 20.1 Å². The molecular weight excluding hydrogens is 348 g/mol. The summed E-state index contributed by atoms with van der Waals surface area (Å²) >= 11 is 0. The van der Waals surface area contributed by atoms with Gasteiger partial charge in [0, 0.05) is 57.1 Å². The Kier molecular flexibility index (Phi) is 5.82. The molecule has 146 valence electrons. The number of hydroxylamine groups is 2. The summed E-state index contributed by atoms with van der Waals surface area (Å²) in [4.78, 5) is 7.38. The molecule has 1 N–H and O–H groups in total. The summed E-state index contributed by atoms with van der Waals surface area (Å²) in [5.74, 6) is 6.52. The zero-order chi connectivity index (χ0) is 19.3. The van der Waals surface area contributed by atoms with E-state index in [0.717, 1.165) is 56.4 Å². The van der Waals surface area contributed by atoms with Gasteiger partial charge in [0.05, 0.1) is 19.8 Å². The first-order valence-corrected chi connectivity index (χ1v) is 9.91. The standard InChI is InChI=1S/C23H28N4O/c1-24-19-26(16-21-6-3-2-4-7-21)18-22-17-25(13-11-23(22)24)12-5-8-20-9-14-27(28)15-10-20/h2-4,6-7,9-10,14,28H,11-13,15-19H2,1H3.